The lowest BCUT2D eigenvalue weighted by atomic mass is 10.0. The van der Waals surface area contributed by atoms with Crippen LogP contribution in [0.2, 0.25) is 0 Å². The zero-order valence-electron chi connectivity index (χ0n) is 22.7. The lowest BCUT2D eigenvalue weighted by Gasteiger charge is -2.09. The molecule has 0 saturated carbocycles. The Hall–Kier alpha value is -3.72. The van der Waals surface area contributed by atoms with E-state index in [1.165, 1.54) is 27.8 Å². The fourth-order valence-corrected chi connectivity index (χ4v) is 3.92. The number of amides is 1. The van der Waals surface area contributed by atoms with Crippen molar-refractivity contribution < 1.29 is 4.79 Å². The van der Waals surface area contributed by atoms with Crippen molar-refractivity contribution in [1.82, 2.24) is 5.32 Å². The number of carbonyl (C=O) groups excluding carboxylic acids is 1. The molecule has 0 spiro atoms. The second kappa shape index (κ2) is 14.6. The number of hydrogen-bond donors (Lipinski definition) is 1. The van der Waals surface area contributed by atoms with E-state index in [0.29, 0.717) is 12.4 Å². The van der Waals surface area contributed by atoms with E-state index in [1.54, 1.807) is 0 Å². The minimum Gasteiger partial charge on any atom is -0.307 e. The molecule has 0 unspecified atom stereocenters. The first-order valence-electron chi connectivity index (χ1n) is 12.5. The molecule has 1 aliphatic heterocycles. The summed E-state index contributed by atoms with van der Waals surface area (Å²) in [5, 5.41) is 2.84. The molecule has 4 rings (SSSR count). The number of amidine groups is 1. The molecule has 3 heteroatoms. The third-order valence-corrected chi connectivity index (χ3v) is 5.94. The molecule has 1 amide bonds. The summed E-state index contributed by atoms with van der Waals surface area (Å²) >= 11 is 0. The van der Waals surface area contributed by atoms with E-state index in [-0.39, 0.29) is 5.91 Å². The van der Waals surface area contributed by atoms with E-state index in [2.05, 4.69) is 68.0 Å². The smallest absolute Gasteiger partial charge is 0.257 e. The number of benzene rings is 3. The Morgan fingerprint density at radius 1 is 0.917 bits per heavy atom. The summed E-state index contributed by atoms with van der Waals surface area (Å²) in [5.41, 5.74) is 9.46. The van der Waals surface area contributed by atoms with Gasteiger partial charge < -0.3 is 5.32 Å². The standard InChI is InChI=1S/C14H16N2O.C10H14.C9H10/c1-9-7-12(15-8-9)16-14(17)13-10(2)5-4-6-11(13)3;1-4-10-7-8(2)5-6-9(10)3;1-2-6-9-7-4-3-5-8-9/h4-7H,8H2,1-3H3,(H,15,16,17);5-7H,4H2,1-3H3;2-5,7-8H,1,6H2. The first kappa shape index (κ1) is 28.5. The molecule has 0 aromatic heterocycles. The van der Waals surface area contributed by atoms with Gasteiger partial charge in [0.05, 0.1) is 6.54 Å². The fraction of sp³-hybridized carbons (Fsp3) is 0.273. The molecule has 3 aromatic carbocycles. The van der Waals surface area contributed by atoms with Crippen LogP contribution >= 0.6 is 0 Å². The average Bonchev–Trinajstić information content (AvgIpc) is 3.26. The number of nitrogens with zero attached hydrogens (tertiary/aromatic N) is 1. The molecule has 0 bridgehead atoms. The maximum Gasteiger partial charge on any atom is 0.257 e. The van der Waals surface area contributed by atoms with Gasteiger partial charge in [-0.3, -0.25) is 9.79 Å². The van der Waals surface area contributed by atoms with E-state index >= 15 is 0 Å². The second-order valence-electron chi connectivity index (χ2n) is 9.17. The SMILES string of the molecule is C=CCc1ccccc1.CC1=CC(NC(=O)c2c(C)cccc2C)=NC1.CCc1cc(C)ccc1C. The van der Waals surface area contributed by atoms with Gasteiger partial charge in [-0.15, -0.1) is 6.58 Å². The number of aryl methyl sites for hydroxylation is 5. The molecule has 1 N–H and O–H groups in total. The Bertz CT molecular complexity index is 1200. The third kappa shape index (κ3) is 9.14. The molecule has 3 nitrogen and oxygen atoms in total. The Balaban J connectivity index is 0.000000205. The minimum absolute atomic E-state index is 0.0784. The first-order valence-corrected chi connectivity index (χ1v) is 12.5. The summed E-state index contributed by atoms with van der Waals surface area (Å²) < 4.78 is 0. The van der Waals surface area contributed by atoms with Crippen molar-refractivity contribution in [2.45, 2.75) is 54.4 Å². The largest absolute Gasteiger partial charge is 0.307 e. The molecule has 188 valence electrons. The third-order valence-electron chi connectivity index (χ3n) is 5.94. The van der Waals surface area contributed by atoms with Gasteiger partial charge in [0.2, 0.25) is 0 Å². The fourth-order valence-electron chi connectivity index (χ4n) is 3.92. The van der Waals surface area contributed by atoms with Gasteiger partial charge in [0.1, 0.15) is 5.84 Å². The lowest BCUT2D eigenvalue weighted by molar-refractivity contribution is 0.0976. The Labute approximate surface area is 217 Å². The monoisotopic (exact) mass is 480 g/mol. The van der Waals surface area contributed by atoms with Crippen molar-refractivity contribution in [3.05, 3.63) is 130 Å². The van der Waals surface area contributed by atoms with Gasteiger partial charge in [-0.2, -0.15) is 0 Å². The number of aliphatic imine (C=N–C) groups is 1. The summed E-state index contributed by atoms with van der Waals surface area (Å²) in [5.74, 6) is 0.584. The van der Waals surface area contributed by atoms with E-state index in [4.69, 9.17) is 0 Å². The van der Waals surface area contributed by atoms with E-state index in [0.717, 1.165) is 29.5 Å². The van der Waals surface area contributed by atoms with Crippen molar-refractivity contribution in [2.75, 3.05) is 6.54 Å². The predicted molar refractivity (Wildman–Crippen MR) is 155 cm³/mol. The number of allylic oxidation sites excluding steroid dienone is 1. The second-order valence-corrected chi connectivity index (χ2v) is 9.17. The normalized spacial score (nSPS) is 11.7. The number of hydrogen-bond acceptors (Lipinski definition) is 2. The maximum atomic E-state index is 12.1. The Kier molecular flexibility index (Phi) is 11.6. The van der Waals surface area contributed by atoms with Crippen LogP contribution in [0.5, 0.6) is 0 Å². The molecular formula is C33H40N2O. The Morgan fingerprint density at radius 3 is 2.11 bits per heavy atom. The first-order chi connectivity index (χ1) is 17.2. The van der Waals surface area contributed by atoms with Gasteiger partial charge >= 0.3 is 0 Å². The molecule has 0 fully saturated rings. The van der Waals surface area contributed by atoms with Crippen molar-refractivity contribution >= 4 is 11.7 Å². The van der Waals surface area contributed by atoms with Crippen LogP contribution in [0.25, 0.3) is 0 Å². The van der Waals surface area contributed by atoms with Crippen LogP contribution < -0.4 is 5.32 Å². The van der Waals surface area contributed by atoms with Crippen LogP contribution in [0.3, 0.4) is 0 Å². The molecule has 3 aromatic rings. The van der Waals surface area contributed by atoms with Crippen LogP contribution in [0.15, 0.2) is 96.0 Å². The van der Waals surface area contributed by atoms with Crippen molar-refractivity contribution in [3.8, 4) is 0 Å². The predicted octanol–water partition coefficient (Wildman–Crippen LogP) is 7.67. The molecular weight excluding hydrogens is 440 g/mol. The lowest BCUT2D eigenvalue weighted by Crippen LogP contribution is -2.29. The average molecular weight is 481 g/mol. The van der Waals surface area contributed by atoms with Crippen molar-refractivity contribution in [1.29, 1.82) is 0 Å². The summed E-state index contributed by atoms with van der Waals surface area (Å²) in [6.07, 6.45) is 5.94. The zero-order valence-corrected chi connectivity index (χ0v) is 22.7. The molecule has 0 atom stereocenters. The van der Waals surface area contributed by atoms with E-state index < -0.39 is 0 Å². The van der Waals surface area contributed by atoms with Crippen LogP contribution in [0.1, 0.15) is 57.6 Å². The van der Waals surface area contributed by atoms with Gasteiger partial charge in [-0.1, -0.05) is 85.3 Å². The highest BCUT2D eigenvalue weighted by Crippen LogP contribution is 2.13. The summed E-state index contributed by atoms with van der Waals surface area (Å²) in [6, 6.07) is 22.8. The van der Waals surface area contributed by atoms with Gasteiger partial charge in [0.15, 0.2) is 0 Å². The van der Waals surface area contributed by atoms with Crippen LogP contribution in [0.4, 0.5) is 0 Å². The van der Waals surface area contributed by atoms with Gasteiger partial charge in [0.25, 0.3) is 5.91 Å². The highest BCUT2D eigenvalue weighted by Gasteiger charge is 2.14. The minimum atomic E-state index is -0.0784. The quantitative estimate of drug-likeness (QED) is 0.382. The topological polar surface area (TPSA) is 41.5 Å². The van der Waals surface area contributed by atoms with Crippen molar-refractivity contribution in [3.63, 3.8) is 0 Å². The number of carbonyl (C=O) groups is 1. The van der Waals surface area contributed by atoms with Gasteiger partial charge in [0, 0.05) is 5.56 Å². The molecule has 1 aliphatic rings. The molecule has 36 heavy (non-hydrogen) atoms. The zero-order chi connectivity index (χ0) is 26.5. The summed E-state index contributed by atoms with van der Waals surface area (Å²) in [6.45, 7) is 16.7. The van der Waals surface area contributed by atoms with Crippen LogP contribution in [-0.2, 0) is 12.8 Å². The number of nitrogens with one attached hydrogen (secondary N) is 1. The van der Waals surface area contributed by atoms with Crippen LogP contribution in [-0.4, -0.2) is 18.3 Å². The van der Waals surface area contributed by atoms with Gasteiger partial charge in [-0.05, 0) is 86.9 Å². The maximum absolute atomic E-state index is 12.1. The highest BCUT2D eigenvalue weighted by molar-refractivity contribution is 6.12. The summed E-state index contributed by atoms with van der Waals surface area (Å²) in [7, 11) is 0. The number of rotatable bonds is 4. The highest BCUT2D eigenvalue weighted by atomic mass is 16.1. The molecule has 0 saturated heterocycles. The molecule has 0 aliphatic carbocycles. The molecule has 0 radical (unpaired) electrons. The van der Waals surface area contributed by atoms with Gasteiger partial charge in [-0.25, -0.2) is 0 Å². The Morgan fingerprint density at radius 2 is 1.58 bits per heavy atom. The van der Waals surface area contributed by atoms with E-state index in [1.807, 2.05) is 69.3 Å². The summed E-state index contributed by atoms with van der Waals surface area (Å²) in [4.78, 5) is 16.4. The van der Waals surface area contributed by atoms with E-state index in [9.17, 15) is 4.79 Å². The molecule has 1 heterocycles. The van der Waals surface area contributed by atoms with Crippen molar-refractivity contribution in [2.24, 2.45) is 4.99 Å². The van der Waals surface area contributed by atoms with Crippen LogP contribution in [0, 0.1) is 27.7 Å².